The highest BCUT2D eigenvalue weighted by molar-refractivity contribution is 7.13. The van der Waals surface area contributed by atoms with Crippen LogP contribution in [0.25, 0.3) is 10.6 Å². The summed E-state index contributed by atoms with van der Waals surface area (Å²) < 4.78 is 1.97. The lowest BCUT2D eigenvalue weighted by atomic mass is 10.2. The molecule has 0 aromatic carbocycles. The van der Waals surface area contributed by atoms with E-state index < -0.39 is 0 Å². The van der Waals surface area contributed by atoms with Crippen molar-refractivity contribution in [3.63, 3.8) is 0 Å². The number of nitrogens with zero attached hydrogens (tertiary/aromatic N) is 3. The first-order chi connectivity index (χ1) is 7.86. The third kappa shape index (κ3) is 2.15. The molecule has 0 fully saturated rings. The molecule has 2 N–H and O–H groups in total. The van der Waals surface area contributed by atoms with Crippen molar-refractivity contribution in [2.75, 3.05) is 0 Å². The number of aromatic nitrogens is 3. The first-order valence-corrected chi connectivity index (χ1v) is 6.41. The van der Waals surface area contributed by atoms with Gasteiger partial charge in [0.1, 0.15) is 11.4 Å². The first-order valence-electron chi connectivity index (χ1n) is 5.53. The maximum Gasteiger partial charge on any atom is 0.105 e. The zero-order chi connectivity index (χ0) is 11.4. The van der Waals surface area contributed by atoms with Gasteiger partial charge in [-0.2, -0.15) is 0 Å². The second kappa shape index (κ2) is 5.23. The Balaban J connectivity index is 2.35. The largest absolute Gasteiger partial charge is 0.325 e. The van der Waals surface area contributed by atoms with Crippen LogP contribution < -0.4 is 5.73 Å². The molecule has 0 aliphatic heterocycles. The second-order valence-corrected chi connectivity index (χ2v) is 4.59. The predicted molar refractivity (Wildman–Crippen MR) is 66.1 cm³/mol. The standard InChI is InChI=1S/C11H16N4S/c1-2-3-6-15-11(9(8-12)13-14-15)10-5-4-7-16-10/h4-5,7H,2-3,6,8,12H2,1H3. The zero-order valence-corrected chi connectivity index (χ0v) is 10.2. The molecule has 0 bridgehead atoms. The van der Waals surface area contributed by atoms with Gasteiger partial charge in [0.15, 0.2) is 0 Å². The number of nitrogens with two attached hydrogens (primary N) is 1. The van der Waals surface area contributed by atoms with E-state index in [2.05, 4.69) is 28.7 Å². The molecule has 0 aliphatic rings. The third-order valence-corrected chi connectivity index (χ3v) is 3.35. The summed E-state index contributed by atoms with van der Waals surface area (Å²) in [5.74, 6) is 0. The molecular weight excluding hydrogens is 220 g/mol. The van der Waals surface area contributed by atoms with Crippen LogP contribution >= 0.6 is 11.3 Å². The van der Waals surface area contributed by atoms with Crippen molar-refractivity contribution in [3.05, 3.63) is 23.2 Å². The number of hydrogen-bond acceptors (Lipinski definition) is 4. The predicted octanol–water partition coefficient (Wildman–Crippen LogP) is 2.27. The molecule has 0 aliphatic carbocycles. The lowest BCUT2D eigenvalue weighted by molar-refractivity contribution is 0.558. The van der Waals surface area contributed by atoms with Gasteiger partial charge in [-0.3, -0.25) is 0 Å². The molecule has 2 rings (SSSR count). The highest BCUT2D eigenvalue weighted by atomic mass is 32.1. The molecule has 4 nitrogen and oxygen atoms in total. The lowest BCUT2D eigenvalue weighted by Crippen LogP contribution is -2.03. The quantitative estimate of drug-likeness (QED) is 0.866. The summed E-state index contributed by atoms with van der Waals surface area (Å²) in [6.07, 6.45) is 2.27. The number of thiophene rings is 1. The average molecular weight is 236 g/mol. The molecule has 0 saturated carbocycles. The third-order valence-electron chi connectivity index (χ3n) is 2.48. The Bertz CT molecular complexity index is 433. The fourth-order valence-electron chi connectivity index (χ4n) is 1.63. The van der Waals surface area contributed by atoms with Crippen molar-refractivity contribution < 1.29 is 0 Å². The molecule has 0 unspecified atom stereocenters. The summed E-state index contributed by atoms with van der Waals surface area (Å²) in [6, 6.07) is 4.13. The van der Waals surface area contributed by atoms with Crippen LogP contribution in [0.2, 0.25) is 0 Å². The van der Waals surface area contributed by atoms with E-state index in [9.17, 15) is 0 Å². The molecule has 16 heavy (non-hydrogen) atoms. The van der Waals surface area contributed by atoms with Gasteiger partial charge in [0.05, 0.1) is 4.88 Å². The Morgan fingerprint density at radius 1 is 1.50 bits per heavy atom. The van der Waals surface area contributed by atoms with Crippen LogP contribution in [0.3, 0.4) is 0 Å². The van der Waals surface area contributed by atoms with E-state index in [0.29, 0.717) is 6.54 Å². The summed E-state index contributed by atoms with van der Waals surface area (Å²) in [4.78, 5) is 1.20. The highest BCUT2D eigenvalue weighted by Crippen LogP contribution is 2.26. The van der Waals surface area contributed by atoms with Crippen molar-refractivity contribution >= 4 is 11.3 Å². The van der Waals surface area contributed by atoms with Crippen molar-refractivity contribution in [2.45, 2.75) is 32.9 Å². The van der Waals surface area contributed by atoms with Crippen LogP contribution in [0.5, 0.6) is 0 Å². The Kier molecular flexibility index (Phi) is 3.69. The highest BCUT2D eigenvalue weighted by Gasteiger charge is 2.13. The average Bonchev–Trinajstić information content (AvgIpc) is 2.94. The molecular formula is C11H16N4S. The molecule has 5 heteroatoms. The molecule has 0 saturated heterocycles. The van der Waals surface area contributed by atoms with Gasteiger partial charge in [-0.1, -0.05) is 24.6 Å². The lowest BCUT2D eigenvalue weighted by Gasteiger charge is -2.04. The van der Waals surface area contributed by atoms with Crippen LogP contribution in [0.4, 0.5) is 0 Å². The minimum atomic E-state index is 0.444. The van der Waals surface area contributed by atoms with Gasteiger partial charge >= 0.3 is 0 Å². The normalized spacial score (nSPS) is 10.9. The minimum Gasteiger partial charge on any atom is -0.325 e. The van der Waals surface area contributed by atoms with Crippen LogP contribution in [-0.4, -0.2) is 15.0 Å². The van der Waals surface area contributed by atoms with Crippen molar-refractivity contribution in [1.29, 1.82) is 0 Å². The van der Waals surface area contributed by atoms with E-state index in [1.165, 1.54) is 4.88 Å². The Morgan fingerprint density at radius 2 is 2.38 bits per heavy atom. The minimum absolute atomic E-state index is 0.444. The molecule has 86 valence electrons. The van der Waals surface area contributed by atoms with Crippen molar-refractivity contribution in [2.24, 2.45) is 5.73 Å². The van der Waals surface area contributed by atoms with Crippen LogP contribution in [0.15, 0.2) is 17.5 Å². The Hall–Kier alpha value is -1.20. The van der Waals surface area contributed by atoms with Gasteiger partial charge in [-0.15, -0.1) is 16.4 Å². The van der Waals surface area contributed by atoms with Gasteiger partial charge in [0, 0.05) is 13.1 Å². The van der Waals surface area contributed by atoms with Gasteiger partial charge < -0.3 is 5.73 Å². The fourth-order valence-corrected chi connectivity index (χ4v) is 2.43. The van der Waals surface area contributed by atoms with Crippen LogP contribution in [0, 0.1) is 0 Å². The summed E-state index contributed by atoms with van der Waals surface area (Å²) in [7, 11) is 0. The summed E-state index contributed by atoms with van der Waals surface area (Å²) >= 11 is 1.70. The number of hydrogen-bond donors (Lipinski definition) is 1. The van der Waals surface area contributed by atoms with E-state index in [0.717, 1.165) is 30.8 Å². The van der Waals surface area contributed by atoms with E-state index >= 15 is 0 Å². The summed E-state index contributed by atoms with van der Waals surface area (Å²) in [6.45, 7) is 3.53. The van der Waals surface area contributed by atoms with Crippen LogP contribution in [0.1, 0.15) is 25.5 Å². The number of aryl methyl sites for hydroxylation is 1. The fraction of sp³-hybridized carbons (Fsp3) is 0.455. The molecule has 2 aromatic rings. The molecule has 0 atom stereocenters. The maximum absolute atomic E-state index is 5.69. The number of rotatable bonds is 5. The molecule has 0 radical (unpaired) electrons. The molecule has 0 spiro atoms. The maximum atomic E-state index is 5.69. The van der Waals surface area contributed by atoms with Gasteiger partial charge in [-0.25, -0.2) is 4.68 Å². The Labute approximate surface area is 99.1 Å². The number of unbranched alkanes of at least 4 members (excludes halogenated alkanes) is 1. The van der Waals surface area contributed by atoms with E-state index in [-0.39, 0.29) is 0 Å². The SMILES string of the molecule is CCCCn1nnc(CN)c1-c1cccs1. The molecule has 0 amide bonds. The smallest absolute Gasteiger partial charge is 0.105 e. The van der Waals surface area contributed by atoms with Gasteiger partial charge in [0.2, 0.25) is 0 Å². The van der Waals surface area contributed by atoms with E-state index in [1.807, 2.05) is 10.7 Å². The molecule has 2 aromatic heterocycles. The van der Waals surface area contributed by atoms with Crippen molar-refractivity contribution in [1.82, 2.24) is 15.0 Å². The Morgan fingerprint density at radius 3 is 3.00 bits per heavy atom. The summed E-state index contributed by atoms with van der Waals surface area (Å²) in [5, 5.41) is 10.4. The topological polar surface area (TPSA) is 56.7 Å². The van der Waals surface area contributed by atoms with E-state index in [1.54, 1.807) is 11.3 Å². The monoisotopic (exact) mass is 236 g/mol. The van der Waals surface area contributed by atoms with Gasteiger partial charge in [0.25, 0.3) is 0 Å². The van der Waals surface area contributed by atoms with Crippen LogP contribution in [-0.2, 0) is 13.1 Å². The summed E-state index contributed by atoms with van der Waals surface area (Å²) in [5.41, 5.74) is 7.66. The zero-order valence-electron chi connectivity index (χ0n) is 9.39. The van der Waals surface area contributed by atoms with E-state index in [4.69, 9.17) is 5.73 Å². The second-order valence-electron chi connectivity index (χ2n) is 3.64. The molecule has 2 heterocycles. The van der Waals surface area contributed by atoms with Crippen molar-refractivity contribution in [3.8, 4) is 10.6 Å². The first kappa shape index (κ1) is 11.3. The van der Waals surface area contributed by atoms with Gasteiger partial charge in [-0.05, 0) is 17.9 Å².